The fourth-order valence-electron chi connectivity index (χ4n) is 3.38. The molecule has 136 valence electrons. The molecule has 3 rings (SSSR count). The highest BCUT2D eigenvalue weighted by molar-refractivity contribution is 6.08. The van der Waals surface area contributed by atoms with Crippen LogP contribution in [0.5, 0.6) is 5.75 Å². The monoisotopic (exact) mass is 351 g/mol. The average Bonchev–Trinajstić information content (AvgIpc) is 2.72. The van der Waals surface area contributed by atoms with Gasteiger partial charge in [-0.1, -0.05) is 49.6 Å². The summed E-state index contributed by atoms with van der Waals surface area (Å²) in [6, 6.07) is 16.5. The van der Waals surface area contributed by atoms with E-state index >= 15 is 0 Å². The maximum absolute atomic E-state index is 12.4. The molecule has 4 heteroatoms. The zero-order chi connectivity index (χ0) is 18.4. The molecule has 0 N–H and O–H groups in total. The first kappa shape index (κ1) is 18.2. The smallest absolute Gasteiger partial charge is 0.260 e. The summed E-state index contributed by atoms with van der Waals surface area (Å²) in [5, 5.41) is 0. The van der Waals surface area contributed by atoms with Crippen LogP contribution in [-0.2, 0) is 4.79 Å². The lowest BCUT2D eigenvalue weighted by atomic mass is 9.94. The number of carbonyl (C=O) groups excluding carboxylic acids is 2. The van der Waals surface area contributed by atoms with Crippen LogP contribution in [0.1, 0.15) is 48.0 Å². The highest BCUT2D eigenvalue weighted by atomic mass is 16.5. The van der Waals surface area contributed by atoms with E-state index in [9.17, 15) is 9.59 Å². The minimum atomic E-state index is -0.0229. The van der Waals surface area contributed by atoms with Gasteiger partial charge >= 0.3 is 0 Å². The van der Waals surface area contributed by atoms with Gasteiger partial charge in [-0.05, 0) is 37.1 Å². The van der Waals surface area contributed by atoms with Gasteiger partial charge in [-0.15, -0.1) is 0 Å². The molecule has 0 spiro atoms. The van der Waals surface area contributed by atoms with Gasteiger partial charge in [0.2, 0.25) is 0 Å². The Morgan fingerprint density at radius 3 is 2.19 bits per heavy atom. The van der Waals surface area contributed by atoms with Gasteiger partial charge in [-0.2, -0.15) is 0 Å². The lowest BCUT2D eigenvalue weighted by Crippen LogP contribution is -2.40. The second-order valence-electron chi connectivity index (χ2n) is 6.80. The van der Waals surface area contributed by atoms with Gasteiger partial charge in [0.25, 0.3) is 5.91 Å². The number of hydrogen-bond acceptors (Lipinski definition) is 3. The van der Waals surface area contributed by atoms with Gasteiger partial charge in [-0.3, -0.25) is 9.59 Å². The van der Waals surface area contributed by atoms with E-state index in [4.69, 9.17) is 4.74 Å². The van der Waals surface area contributed by atoms with Crippen molar-refractivity contribution < 1.29 is 14.3 Å². The highest BCUT2D eigenvalue weighted by Crippen LogP contribution is 2.22. The van der Waals surface area contributed by atoms with E-state index in [0.717, 1.165) is 12.8 Å². The normalized spacial score (nSPS) is 14.7. The molecule has 1 saturated carbocycles. The summed E-state index contributed by atoms with van der Waals surface area (Å²) >= 11 is 0. The largest absolute Gasteiger partial charge is 0.484 e. The summed E-state index contributed by atoms with van der Waals surface area (Å²) in [6.07, 6.45) is 5.82. The Balaban J connectivity index is 1.54. The van der Waals surface area contributed by atoms with Crippen LogP contribution in [0.25, 0.3) is 0 Å². The number of nitrogens with zero attached hydrogens (tertiary/aromatic N) is 1. The van der Waals surface area contributed by atoms with Crippen LogP contribution < -0.4 is 4.74 Å². The Hall–Kier alpha value is -2.62. The van der Waals surface area contributed by atoms with Gasteiger partial charge < -0.3 is 9.64 Å². The second kappa shape index (κ2) is 8.65. The van der Waals surface area contributed by atoms with Crippen LogP contribution in [0.4, 0.5) is 0 Å². The molecule has 4 nitrogen and oxygen atoms in total. The molecule has 0 unspecified atom stereocenters. The van der Waals surface area contributed by atoms with E-state index in [1.165, 1.54) is 19.3 Å². The Morgan fingerprint density at radius 2 is 1.54 bits per heavy atom. The number of amides is 1. The van der Waals surface area contributed by atoms with E-state index in [0.29, 0.717) is 22.9 Å². The number of benzene rings is 2. The van der Waals surface area contributed by atoms with Crippen LogP contribution >= 0.6 is 0 Å². The first-order valence-corrected chi connectivity index (χ1v) is 9.23. The first-order valence-electron chi connectivity index (χ1n) is 9.23. The molecule has 2 aromatic carbocycles. The Morgan fingerprint density at radius 1 is 0.923 bits per heavy atom. The third-order valence-corrected chi connectivity index (χ3v) is 5.03. The minimum absolute atomic E-state index is 0.00124. The SMILES string of the molecule is CN(C(=O)COc1ccc(C(=O)c2ccccc2)cc1)C1CCCCC1. The zero-order valence-electron chi connectivity index (χ0n) is 15.2. The zero-order valence-corrected chi connectivity index (χ0v) is 15.2. The van der Waals surface area contributed by atoms with E-state index < -0.39 is 0 Å². The van der Waals surface area contributed by atoms with Crippen LogP contribution in [0, 0.1) is 0 Å². The molecule has 2 aromatic rings. The van der Waals surface area contributed by atoms with Crippen molar-refractivity contribution in [2.45, 2.75) is 38.1 Å². The summed E-state index contributed by atoms with van der Waals surface area (Å²) in [7, 11) is 1.86. The van der Waals surface area contributed by atoms with E-state index in [1.807, 2.05) is 30.1 Å². The number of likely N-dealkylation sites (N-methyl/N-ethyl adjacent to an activating group) is 1. The highest BCUT2D eigenvalue weighted by Gasteiger charge is 2.22. The molecule has 0 radical (unpaired) electrons. The number of ketones is 1. The van der Waals surface area contributed by atoms with E-state index in [2.05, 4.69) is 0 Å². The van der Waals surface area contributed by atoms with Crippen molar-refractivity contribution in [2.24, 2.45) is 0 Å². The molecule has 0 saturated heterocycles. The van der Waals surface area contributed by atoms with Crippen molar-refractivity contribution in [2.75, 3.05) is 13.7 Å². The van der Waals surface area contributed by atoms with Crippen LogP contribution in [0.3, 0.4) is 0 Å². The van der Waals surface area contributed by atoms with Crippen molar-refractivity contribution in [3.63, 3.8) is 0 Å². The third kappa shape index (κ3) is 4.51. The molecule has 1 aliphatic carbocycles. The number of rotatable bonds is 6. The van der Waals surface area contributed by atoms with Gasteiger partial charge in [0.15, 0.2) is 12.4 Å². The molecular weight excluding hydrogens is 326 g/mol. The fourth-order valence-corrected chi connectivity index (χ4v) is 3.38. The standard InChI is InChI=1S/C22H25NO3/c1-23(19-10-6-3-7-11-19)21(24)16-26-20-14-12-18(13-15-20)22(25)17-8-4-2-5-9-17/h2,4-5,8-9,12-15,19H,3,6-7,10-11,16H2,1H3. The molecular formula is C22H25NO3. The summed E-state index contributed by atoms with van der Waals surface area (Å²) < 4.78 is 5.62. The fraction of sp³-hybridized carbons (Fsp3) is 0.364. The number of carbonyl (C=O) groups is 2. The van der Waals surface area contributed by atoms with Gasteiger partial charge in [0.05, 0.1) is 0 Å². The number of ether oxygens (including phenoxy) is 1. The molecule has 0 heterocycles. The predicted molar refractivity (Wildman–Crippen MR) is 101 cm³/mol. The van der Waals surface area contributed by atoms with Crippen molar-refractivity contribution >= 4 is 11.7 Å². The van der Waals surface area contributed by atoms with Crippen molar-refractivity contribution in [3.05, 3.63) is 65.7 Å². The van der Waals surface area contributed by atoms with E-state index in [-0.39, 0.29) is 18.3 Å². The molecule has 1 aliphatic rings. The minimum Gasteiger partial charge on any atom is -0.484 e. The maximum Gasteiger partial charge on any atom is 0.260 e. The van der Waals surface area contributed by atoms with Crippen molar-refractivity contribution in [1.82, 2.24) is 4.90 Å². The van der Waals surface area contributed by atoms with Crippen LogP contribution in [0.15, 0.2) is 54.6 Å². The first-order chi connectivity index (χ1) is 12.6. The van der Waals surface area contributed by atoms with Crippen LogP contribution in [0.2, 0.25) is 0 Å². The van der Waals surface area contributed by atoms with Crippen molar-refractivity contribution in [3.8, 4) is 5.75 Å². The summed E-state index contributed by atoms with van der Waals surface area (Å²) in [4.78, 5) is 26.5. The Labute approximate surface area is 154 Å². The van der Waals surface area contributed by atoms with Gasteiger partial charge in [0.1, 0.15) is 5.75 Å². The van der Waals surface area contributed by atoms with Gasteiger partial charge in [0, 0.05) is 24.2 Å². The molecule has 0 aliphatic heterocycles. The molecule has 0 atom stereocenters. The lowest BCUT2D eigenvalue weighted by molar-refractivity contribution is -0.134. The van der Waals surface area contributed by atoms with Crippen LogP contribution in [-0.4, -0.2) is 36.3 Å². The molecule has 1 fully saturated rings. The maximum atomic E-state index is 12.4. The summed E-state index contributed by atoms with van der Waals surface area (Å²) in [5.74, 6) is 0.576. The third-order valence-electron chi connectivity index (χ3n) is 5.03. The number of hydrogen-bond donors (Lipinski definition) is 0. The van der Waals surface area contributed by atoms with Gasteiger partial charge in [-0.25, -0.2) is 0 Å². The Kier molecular flexibility index (Phi) is 6.05. The summed E-state index contributed by atoms with van der Waals surface area (Å²) in [6.45, 7) is 0.0268. The predicted octanol–water partition coefficient (Wildman–Crippen LogP) is 4.09. The molecule has 0 bridgehead atoms. The average molecular weight is 351 g/mol. The van der Waals surface area contributed by atoms with Crippen molar-refractivity contribution in [1.29, 1.82) is 0 Å². The summed E-state index contributed by atoms with van der Waals surface area (Å²) in [5.41, 5.74) is 1.26. The second-order valence-corrected chi connectivity index (χ2v) is 6.80. The Bertz CT molecular complexity index is 734. The topological polar surface area (TPSA) is 46.6 Å². The van der Waals surface area contributed by atoms with E-state index in [1.54, 1.807) is 36.4 Å². The molecule has 1 amide bonds. The molecule has 26 heavy (non-hydrogen) atoms. The quantitative estimate of drug-likeness (QED) is 0.737. The molecule has 0 aromatic heterocycles. The lowest BCUT2D eigenvalue weighted by Gasteiger charge is -2.31.